The van der Waals surface area contributed by atoms with Crippen molar-refractivity contribution in [2.45, 2.75) is 6.54 Å². The number of nitrogens with two attached hydrogens (primary N) is 1. The molecule has 1 heterocycles. The molecule has 4 N–H and O–H groups in total. The van der Waals surface area contributed by atoms with Gasteiger partial charge < -0.3 is 20.5 Å². The molecule has 0 bridgehead atoms. The van der Waals surface area contributed by atoms with E-state index in [1.54, 1.807) is 14.2 Å². The number of aromatic nitrogens is 2. The predicted octanol–water partition coefficient (Wildman–Crippen LogP) is 3.02. The minimum absolute atomic E-state index is 0.281. The lowest BCUT2D eigenvalue weighted by Crippen LogP contribution is -2.22. The summed E-state index contributed by atoms with van der Waals surface area (Å²) in [7, 11) is 3.27. The molecule has 0 aliphatic heterocycles. The molecule has 0 fully saturated rings. The van der Waals surface area contributed by atoms with Gasteiger partial charge in [-0.2, -0.15) is 5.10 Å². The summed E-state index contributed by atoms with van der Waals surface area (Å²) in [6.45, 7) is 0.415. The Balaban J connectivity index is 1.66. The molecule has 0 saturated heterocycles. The van der Waals surface area contributed by atoms with Crippen molar-refractivity contribution in [2.75, 3.05) is 19.5 Å². The van der Waals surface area contributed by atoms with Crippen LogP contribution in [0.2, 0.25) is 0 Å². The summed E-state index contributed by atoms with van der Waals surface area (Å²) >= 11 is 0. The topological polar surface area (TPSA) is 97.6 Å². The Bertz CT molecular complexity index is 887. The largest absolute Gasteiger partial charge is 0.497 e. The smallest absolute Gasteiger partial charge is 0.194 e. The number of aromatic amines is 1. The molecule has 7 nitrogen and oxygen atoms in total. The highest BCUT2D eigenvalue weighted by atomic mass is 16.5. The third-order valence-electron chi connectivity index (χ3n) is 3.85. The van der Waals surface area contributed by atoms with Crippen LogP contribution in [-0.4, -0.2) is 30.4 Å². The number of nitrogens with zero attached hydrogens (tertiary/aromatic N) is 2. The van der Waals surface area contributed by atoms with E-state index in [4.69, 9.17) is 15.2 Å². The van der Waals surface area contributed by atoms with E-state index >= 15 is 0 Å². The number of H-pyrrole nitrogens is 1. The van der Waals surface area contributed by atoms with Crippen molar-refractivity contribution < 1.29 is 9.47 Å². The van der Waals surface area contributed by atoms with Gasteiger partial charge in [-0.15, -0.1) is 0 Å². The van der Waals surface area contributed by atoms with Crippen molar-refractivity contribution >= 4 is 11.8 Å². The summed E-state index contributed by atoms with van der Waals surface area (Å²) < 4.78 is 10.5. The molecule has 7 heteroatoms. The molecule has 0 atom stereocenters. The Kier molecular flexibility index (Phi) is 5.38. The Morgan fingerprint density at radius 1 is 1.12 bits per heavy atom. The molecule has 1 aromatic heterocycles. The van der Waals surface area contributed by atoms with E-state index in [2.05, 4.69) is 20.5 Å². The number of nitrogens with one attached hydrogen (secondary N) is 2. The van der Waals surface area contributed by atoms with E-state index in [1.807, 2.05) is 54.6 Å². The van der Waals surface area contributed by atoms with Crippen molar-refractivity contribution in [1.82, 2.24) is 10.2 Å². The van der Waals surface area contributed by atoms with Crippen LogP contribution in [0, 0.1) is 0 Å². The lowest BCUT2D eigenvalue weighted by molar-refractivity contribution is 0.410. The van der Waals surface area contributed by atoms with Crippen LogP contribution in [-0.2, 0) is 6.54 Å². The number of methoxy groups -OCH3 is 2. The fourth-order valence-electron chi connectivity index (χ4n) is 2.48. The van der Waals surface area contributed by atoms with E-state index in [-0.39, 0.29) is 5.96 Å². The zero-order valence-corrected chi connectivity index (χ0v) is 14.7. The molecular formula is C19H21N5O2. The molecule has 26 heavy (non-hydrogen) atoms. The van der Waals surface area contributed by atoms with Gasteiger partial charge in [-0.1, -0.05) is 18.2 Å². The third-order valence-corrected chi connectivity index (χ3v) is 3.85. The fourth-order valence-corrected chi connectivity index (χ4v) is 2.48. The Morgan fingerprint density at radius 2 is 1.88 bits per heavy atom. The monoisotopic (exact) mass is 351 g/mol. The molecule has 0 aliphatic carbocycles. The van der Waals surface area contributed by atoms with E-state index in [0.29, 0.717) is 12.4 Å². The number of anilines is 1. The zero-order chi connectivity index (χ0) is 18.4. The molecule has 0 radical (unpaired) electrons. The van der Waals surface area contributed by atoms with Crippen LogP contribution < -0.4 is 20.5 Å². The summed E-state index contributed by atoms with van der Waals surface area (Å²) in [5.74, 6) is 2.46. The van der Waals surface area contributed by atoms with Gasteiger partial charge in [0.2, 0.25) is 0 Å². The lowest BCUT2D eigenvalue weighted by atomic mass is 10.1. The molecule has 0 spiro atoms. The van der Waals surface area contributed by atoms with E-state index in [0.717, 1.165) is 28.3 Å². The first-order chi connectivity index (χ1) is 12.7. The minimum Gasteiger partial charge on any atom is -0.497 e. The van der Waals surface area contributed by atoms with Crippen molar-refractivity contribution in [3.8, 4) is 22.8 Å². The summed E-state index contributed by atoms with van der Waals surface area (Å²) in [6, 6.07) is 17.3. The quantitative estimate of drug-likeness (QED) is 0.468. The van der Waals surface area contributed by atoms with E-state index in [9.17, 15) is 0 Å². The zero-order valence-electron chi connectivity index (χ0n) is 14.7. The van der Waals surface area contributed by atoms with Gasteiger partial charge in [0.25, 0.3) is 0 Å². The highest BCUT2D eigenvalue weighted by molar-refractivity contribution is 5.91. The maximum Gasteiger partial charge on any atom is 0.194 e. The van der Waals surface area contributed by atoms with Gasteiger partial charge in [0.05, 0.1) is 26.5 Å². The maximum atomic E-state index is 5.96. The van der Waals surface area contributed by atoms with Crippen molar-refractivity contribution in [1.29, 1.82) is 0 Å². The van der Waals surface area contributed by atoms with Crippen LogP contribution in [0.4, 0.5) is 5.82 Å². The van der Waals surface area contributed by atoms with Crippen LogP contribution in [0.1, 0.15) is 5.56 Å². The van der Waals surface area contributed by atoms with Gasteiger partial charge in [-0.05, 0) is 35.9 Å². The SMILES string of the molecule is COc1ccc(-c2cc(NC(N)=NCc3ccccc3OC)n[nH]2)cc1. The maximum absolute atomic E-state index is 5.96. The molecule has 0 unspecified atom stereocenters. The highest BCUT2D eigenvalue weighted by Crippen LogP contribution is 2.22. The number of benzene rings is 2. The molecule has 3 aromatic rings. The number of guanidine groups is 1. The first-order valence-corrected chi connectivity index (χ1v) is 8.08. The average molecular weight is 351 g/mol. The molecule has 0 aliphatic rings. The van der Waals surface area contributed by atoms with Crippen LogP contribution in [0.15, 0.2) is 59.6 Å². The van der Waals surface area contributed by atoms with Crippen LogP contribution in [0.3, 0.4) is 0 Å². The van der Waals surface area contributed by atoms with Gasteiger partial charge >= 0.3 is 0 Å². The second-order valence-electron chi connectivity index (χ2n) is 5.53. The Morgan fingerprint density at radius 3 is 2.62 bits per heavy atom. The number of hydrogen-bond acceptors (Lipinski definition) is 4. The van der Waals surface area contributed by atoms with Gasteiger partial charge in [0.1, 0.15) is 11.5 Å². The Hall–Kier alpha value is -3.48. The normalized spacial score (nSPS) is 11.2. The van der Waals surface area contributed by atoms with Gasteiger partial charge in [0.15, 0.2) is 11.8 Å². The van der Waals surface area contributed by atoms with Gasteiger partial charge in [0, 0.05) is 11.6 Å². The van der Waals surface area contributed by atoms with Crippen molar-refractivity contribution in [2.24, 2.45) is 10.7 Å². The number of aliphatic imine (C=N–C) groups is 1. The molecule has 3 rings (SSSR count). The second kappa shape index (κ2) is 8.06. The second-order valence-corrected chi connectivity index (χ2v) is 5.53. The first kappa shape index (κ1) is 17.3. The Labute approximate surface area is 151 Å². The molecule has 134 valence electrons. The van der Waals surface area contributed by atoms with Crippen molar-refractivity contribution in [3.05, 3.63) is 60.2 Å². The standard InChI is InChI=1S/C19H21N5O2/c1-25-15-9-7-13(8-10-15)16-11-18(24-23-16)22-19(20)21-12-14-5-3-4-6-17(14)26-2/h3-11H,12H2,1-2H3,(H4,20,21,22,23,24). The summed E-state index contributed by atoms with van der Waals surface area (Å²) in [6.07, 6.45) is 0. The molecule has 0 amide bonds. The average Bonchev–Trinajstić information content (AvgIpc) is 3.15. The summed E-state index contributed by atoms with van der Waals surface area (Å²) in [5.41, 5.74) is 8.78. The lowest BCUT2D eigenvalue weighted by Gasteiger charge is -2.06. The first-order valence-electron chi connectivity index (χ1n) is 8.08. The fraction of sp³-hybridized carbons (Fsp3) is 0.158. The molecule has 0 saturated carbocycles. The number of ether oxygens (including phenoxy) is 2. The third kappa shape index (κ3) is 4.13. The van der Waals surface area contributed by atoms with E-state index < -0.39 is 0 Å². The number of hydrogen-bond donors (Lipinski definition) is 3. The minimum atomic E-state index is 0.281. The molecular weight excluding hydrogens is 330 g/mol. The van der Waals surface area contributed by atoms with Gasteiger partial charge in [-0.3, -0.25) is 5.10 Å². The van der Waals surface area contributed by atoms with E-state index in [1.165, 1.54) is 0 Å². The summed E-state index contributed by atoms with van der Waals surface area (Å²) in [5, 5.41) is 10.2. The van der Waals surface area contributed by atoms with Crippen molar-refractivity contribution in [3.63, 3.8) is 0 Å². The van der Waals surface area contributed by atoms with Crippen LogP contribution >= 0.6 is 0 Å². The van der Waals surface area contributed by atoms with Gasteiger partial charge in [-0.25, -0.2) is 4.99 Å². The molecule has 2 aromatic carbocycles. The number of para-hydroxylation sites is 1. The van der Waals surface area contributed by atoms with Crippen LogP contribution in [0.5, 0.6) is 11.5 Å². The number of rotatable bonds is 6. The summed E-state index contributed by atoms with van der Waals surface area (Å²) in [4.78, 5) is 4.34. The highest BCUT2D eigenvalue weighted by Gasteiger charge is 2.06. The predicted molar refractivity (Wildman–Crippen MR) is 103 cm³/mol. The van der Waals surface area contributed by atoms with Crippen LogP contribution in [0.25, 0.3) is 11.3 Å².